The Kier molecular flexibility index (Phi) is 7.46. The molecule has 1 amide bonds. The molecule has 0 aromatic heterocycles. The second kappa shape index (κ2) is 10.8. The number of carbonyl (C=O) groups is 1. The van der Waals surface area contributed by atoms with Crippen LogP contribution in [0, 0.1) is 17.8 Å². The van der Waals surface area contributed by atoms with Crippen LogP contribution in [0.3, 0.4) is 0 Å². The lowest BCUT2D eigenvalue weighted by molar-refractivity contribution is -0.00358. The van der Waals surface area contributed by atoms with E-state index in [-0.39, 0.29) is 11.3 Å². The smallest absolute Gasteiger partial charge is 0.255 e. The zero-order valence-electron chi connectivity index (χ0n) is 22.9. The minimum Gasteiger partial charge on any atom is -0.378 e. The molecule has 0 saturated heterocycles. The van der Waals surface area contributed by atoms with Crippen molar-refractivity contribution < 1.29 is 9.90 Å². The lowest BCUT2D eigenvalue weighted by Crippen LogP contribution is -2.48. The summed E-state index contributed by atoms with van der Waals surface area (Å²) in [4.78, 5) is 13.4. The lowest BCUT2D eigenvalue weighted by atomic mass is 9.56. The third-order valence-electron chi connectivity index (χ3n) is 8.87. The van der Waals surface area contributed by atoms with Crippen LogP contribution in [-0.2, 0) is 18.3 Å². The van der Waals surface area contributed by atoms with Gasteiger partial charge in [0.25, 0.3) is 5.91 Å². The van der Waals surface area contributed by atoms with Gasteiger partial charge in [0.1, 0.15) is 5.60 Å². The van der Waals surface area contributed by atoms with Gasteiger partial charge in [-0.25, -0.2) is 0 Å². The van der Waals surface area contributed by atoms with Crippen molar-refractivity contribution in [2.75, 3.05) is 0 Å². The fourth-order valence-electron chi connectivity index (χ4n) is 7.04. The second-order valence-corrected chi connectivity index (χ2v) is 11.6. The molecular formula is C35H39NO2. The molecule has 0 radical (unpaired) electrons. The van der Waals surface area contributed by atoms with E-state index in [0.29, 0.717) is 24.3 Å². The molecule has 0 heterocycles. The van der Waals surface area contributed by atoms with E-state index in [2.05, 4.69) is 79.5 Å². The van der Waals surface area contributed by atoms with Crippen molar-refractivity contribution in [1.82, 2.24) is 5.32 Å². The molecule has 3 aliphatic rings. The number of nitrogens with one attached hydrogen (secondary N) is 1. The topological polar surface area (TPSA) is 49.3 Å². The molecule has 3 unspecified atom stereocenters. The Morgan fingerprint density at radius 2 is 1.95 bits per heavy atom. The molecule has 3 aliphatic carbocycles. The largest absolute Gasteiger partial charge is 0.378 e. The first-order valence-corrected chi connectivity index (χ1v) is 14.0. The molecule has 3 atom stereocenters. The molecule has 38 heavy (non-hydrogen) atoms. The Labute approximate surface area is 227 Å². The van der Waals surface area contributed by atoms with Crippen LogP contribution in [0.25, 0.3) is 0 Å². The first-order chi connectivity index (χ1) is 18.3. The Balaban J connectivity index is 1.50. The van der Waals surface area contributed by atoms with Gasteiger partial charge in [0, 0.05) is 16.7 Å². The quantitative estimate of drug-likeness (QED) is 0.441. The average molecular weight is 506 g/mol. The van der Waals surface area contributed by atoms with Crippen LogP contribution >= 0.6 is 0 Å². The summed E-state index contributed by atoms with van der Waals surface area (Å²) in [7, 11) is 0. The third-order valence-corrected chi connectivity index (χ3v) is 8.87. The summed E-state index contributed by atoms with van der Waals surface area (Å²) >= 11 is 0. The van der Waals surface area contributed by atoms with Crippen molar-refractivity contribution in [2.24, 2.45) is 5.92 Å². The first-order valence-electron chi connectivity index (χ1n) is 14.0. The van der Waals surface area contributed by atoms with Crippen LogP contribution in [0.5, 0.6) is 0 Å². The molecule has 1 fully saturated rings. The van der Waals surface area contributed by atoms with Crippen molar-refractivity contribution >= 4 is 5.91 Å². The molecule has 196 valence electrons. The molecule has 2 aromatic carbocycles. The molecule has 2 N–H and O–H groups in total. The van der Waals surface area contributed by atoms with Crippen LogP contribution in [-0.4, -0.2) is 16.6 Å². The van der Waals surface area contributed by atoms with E-state index in [1.54, 1.807) is 0 Å². The van der Waals surface area contributed by atoms with Crippen LogP contribution in [0.15, 0.2) is 83.6 Å². The van der Waals surface area contributed by atoms with Gasteiger partial charge in [-0.3, -0.25) is 4.79 Å². The van der Waals surface area contributed by atoms with E-state index in [4.69, 9.17) is 0 Å². The summed E-state index contributed by atoms with van der Waals surface area (Å²) in [6, 6.07) is 17.1. The molecule has 3 nitrogen and oxygen atoms in total. The summed E-state index contributed by atoms with van der Waals surface area (Å²) in [5.41, 5.74) is 7.04. The number of hydrogen-bond acceptors (Lipinski definition) is 2. The van der Waals surface area contributed by atoms with E-state index in [1.165, 1.54) is 27.8 Å². The van der Waals surface area contributed by atoms with Gasteiger partial charge in [-0.15, -0.1) is 5.92 Å². The number of aryl methyl sites for hydroxylation is 1. The fraction of sp³-hybridized carbons (Fsp3) is 0.400. The second-order valence-electron chi connectivity index (χ2n) is 11.6. The minimum atomic E-state index is -0.908. The van der Waals surface area contributed by atoms with E-state index < -0.39 is 5.60 Å². The van der Waals surface area contributed by atoms with Crippen molar-refractivity contribution in [3.8, 4) is 11.8 Å². The highest BCUT2D eigenvalue weighted by Crippen LogP contribution is 2.53. The summed E-state index contributed by atoms with van der Waals surface area (Å²) in [5.74, 6) is 6.39. The van der Waals surface area contributed by atoms with Gasteiger partial charge in [-0.05, 0) is 119 Å². The highest BCUT2D eigenvalue weighted by atomic mass is 16.3. The van der Waals surface area contributed by atoms with Crippen LogP contribution in [0.2, 0.25) is 0 Å². The Morgan fingerprint density at radius 3 is 2.74 bits per heavy atom. The van der Waals surface area contributed by atoms with E-state index >= 15 is 0 Å². The van der Waals surface area contributed by atoms with Crippen LogP contribution < -0.4 is 5.32 Å². The van der Waals surface area contributed by atoms with E-state index in [1.807, 2.05) is 25.1 Å². The van der Waals surface area contributed by atoms with Crippen LogP contribution in [0.4, 0.5) is 0 Å². The molecule has 0 bridgehead atoms. The standard InChI is InChI=1S/C35H39NO2/c1-4-18-34(38)19-20-35(23-27-11-6-5-7-12-27)30(24-34)14-9-13-28-22-29(16-17-31(28)35)33(37)36-32-15-8-10-25(2)21-26(32)3/h5-8,10-12,15-17,22,30,38H,9,13-14,19-21,23-24H2,1-3H3,(H,36,37). The van der Waals surface area contributed by atoms with Gasteiger partial charge in [0.2, 0.25) is 0 Å². The van der Waals surface area contributed by atoms with Gasteiger partial charge >= 0.3 is 0 Å². The lowest BCUT2D eigenvalue weighted by Gasteiger charge is -2.49. The molecule has 1 saturated carbocycles. The zero-order chi connectivity index (χ0) is 26.8. The maximum Gasteiger partial charge on any atom is 0.255 e. The highest BCUT2D eigenvalue weighted by Gasteiger charge is 2.50. The molecule has 2 aromatic rings. The van der Waals surface area contributed by atoms with E-state index in [9.17, 15) is 9.90 Å². The predicted molar refractivity (Wildman–Crippen MR) is 155 cm³/mol. The molecule has 0 aliphatic heterocycles. The highest BCUT2D eigenvalue weighted by molar-refractivity contribution is 5.96. The number of aliphatic hydroxyl groups is 1. The zero-order valence-corrected chi connectivity index (χ0v) is 22.9. The van der Waals surface area contributed by atoms with Gasteiger partial charge < -0.3 is 10.4 Å². The Hall–Kier alpha value is -3.35. The molecule has 5 rings (SSSR count). The van der Waals surface area contributed by atoms with Gasteiger partial charge in [0.15, 0.2) is 0 Å². The summed E-state index contributed by atoms with van der Waals surface area (Å²) in [5, 5.41) is 14.5. The van der Waals surface area contributed by atoms with Gasteiger partial charge in [-0.1, -0.05) is 60.0 Å². The van der Waals surface area contributed by atoms with Crippen molar-refractivity contribution in [2.45, 2.75) is 83.2 Å². The van der Waals surface area contributed by atoms with E-state index in [0.717, 1.165) is 44.2 Å². The fourth-order valence-corrected chi connectivity index (χ4v) is 7.04. The number of carbonyl (C=O) groups excluding carboxylic acids is 1. The number of amides is 1. The first kappa shape index (κ1) is 26.3. The normalized spacial score (nSPS) is 26.6. The van der Waals surface area contributed by atoms with Crippen molar-refractivity contribution in [3.63, 3.8) is 0 Å². The maximum atomic E-state index is 13.4. The third kappa shape index (κ3) is 5.29. The summed E-state index contributed by atoms with van der Waals surface area (Å²) in [6.07, 6.45) is 13.2. The minimum absolute atomic E-state index is 0.0551. The van der Waals surface area contributed by atoms with Gasteiger partial charge in [-0.2, -0.15) is 0 Å². The molecular weight excluding hydrogens is 466 g/mol. The van der Waals surface area contributed by atoms with Crippen LogP contribution in [0.1, 0.15) is 86.3 Å². The summed E-state index contributed by atoms with van der Waals surface area (Å²) < 4.78 is 0. The Morgan fingerprint density at radius 1 is 1.13 bits per heavy atom. The maximum absolute atomic E-state index is 13.4. The summed E-state index contributed by atoms with van der Waals surface area (Å²) in [6.45, 7) is 6.02. The van der Waals surface area contributed by atoms with Crippen molar-refractivity contribution in [3.05, 3.63) is 106 Å². The van der Waals surface area contributed by atoms with Crippen molar-refractivity contribution in [1.29, 1.82) is 0 Å². The number of benzene rings is 2. The SMILES string of the molecule is CC#CC1(O)CCC2(Cc3ccccc3)c3ccc(C(=O)NC4=C(C)CC(C)=CC=C4)cc3CCCC2C1. The number of rotatable bonds is 4. The number of allylic oxidation sites excluding steroid dienone is 5. The Bertz CT molecular complexity index is 1370. The molecule has 3 heteroatoms. The average Bonchev–Trinajstić information content (AvgIpc) is 3.15. The van der Waals surface area contributed by atoms with Gasteiger partial charge in [0.05, 0.1) is 0 Å². The predicted octanol–water partition coefficient (Wildman–Crippen LogP) is 6.97. The molecule has 0 spiro atoms. The number of hydrogen-bond donors (Lipinski definition) is 2. The monoisotopic (exact) mass is 505 g/mol. The number of fused-ring (bicyclic) bond motifs is 3.